The van der Waals surface area contributed by atoms with Crippen LogP contribution in [0.2, 0.25) is 0 Å². The number of aromatic hydroxyl groups is 1. The second kappa shape index (κ2) is 4.45. The van der Waals surface area contributed by atoms with Crippen LogP contribution in [0.3, 0.4) is 0 Å². The van der Waals surface area contributed by atoms with Crippen molar-refractivity contribution in [2.24, 2.45) is 5.73 Å². The van der Waals surface area contributed by atoms with Crippen LogP contribution in [0.15, 0.2) is 6.07 Å². The Morgan fingerprint density at radius 1 is 1.53 bits per heavy atom. The fourth-order valence-electron chi connectivity index (χ4n) is 1.05. The molecular weight excluding hydrogens is 245 g/mol. The monoisotopic (exact) mass is 252 g/mol. The lowest BCUT2D eigenvalue weighted by molar-refractivity contribution is -0.276. The predicted octanol–water partition coefficient (Wildman–Crippen LogP) is 0.843. The summed E-state index contributed by atoms with van der Waals surface area (Å²) in [5.74, 6) is -3.63. The first-order chi connectivity index (χ1) is 7.74. The third-order valence-electron chi connectivity index (χ3n) is 1.68. The van der Waals surface area contributed by atoms with Gasteiger partial charge in [-0.3, -0.25) is 0 Å². The molecule has 0 saturated heterocycles. The molecule has 1 heterocycles. The van der Waals surface area contributed by atoms with E-state index in [0.717, 1.165) is 0 Å². The molecule has 0 aromatic carbocycles. The molecule has 0 bridgehead atoms. The van der Waals surface area contributed by atoms with Crippen LogP contribution < -0.4 is 10.5 Å². The summed E-state index contributed by atoms with van der Waals surface area (Å²) < 4.78 is 39.1. The van der Waals surface area contributed by atoms with Gasteiger partial charge in [0, 0.05) is 12.6 Å². The third-order valence-corrected chi connectivity index (χ3v) is 1.68. The summed E-state index contributed by atoms with van der Waals surface area (Å²) in [4.78, 5) is 13.9. The van der Waals surface area contributed by atoms with Gasteiger partial charge in [-0.15, -0.1) is 13.2 Å². The van der Waals surface area contributed by atoms with Crippen molar-refractivity contribution in [1.29, 1.82) is 0 Å². The molecule has 0 atom stereocenters. The van der Waals surface area contributed by atoms with Crippen LogP contribution in [0.1, 0.15) is 16.1 Å². The number of nitrogens with zero attached hydrogens (tertiary/aromatic N) is 1. The average Bonchev–Trinajstić information content (AvgIpc) is 2.18. The van der Waals surface area contributed by atoms with E-state index in [1.807, 2.05) is 0 Å². The van der Waals surface area contributed by atoms with Crippen molar-refractivity contribution in [2.75, 3.05) is 0 Å². The number of alkyl halides is 3. The molecule has 94 valence electrons. The standard InChI is InChI=1S/C8H7F3N2O4/c9-8(10,11)17-6-5(14)1-3(7(15)16)4(2-12)13-6/h1,14H,2,12H2,(H,15,16). The highest BCUT2D eigenvalue weighted by atomic mass is 19.4. The Morgan fingerprint density at radius 2 is 2.12 bits per heavy atom. The second-order valence-electron chi connectivity index (χ2n) is 2.86. The number of halogens is 3. The Kier molecular flexibility index (Phi) is 3.42. The van der Waals surface area contributed by atoms with Gasteiger partial charge in [0.15, 0.2) is 5.75 Å². The number of rotatable bonds is 3. The fourth-order valence-corrected chi connectivity index (χ4v) is 1.05. The summed E-state index contributed by atoms with van der Waals surface area (Å²) >= 11 is 0. The first-order valence-electron chi connectivity index (χ1n) is 4.16. The van der Waals surface area contributed by atoms with Crippen molar-refractivity contribution < 1.29 is 32.9 Å². The lowest BCUT2D eigenvalue weighted by atomic mass is 10.2. The summed E-state index contributed by atoms with van der Waals surface area (Å²) in [7, 11) is 0. The molecule has 4 N–H and O–H groups in total. The van der Waals surface area contributed by atoms with Crippen molar-refractivity contribution in [3.05, 3.63) is 17.3 Å². The molecule has 17 heavy (non-hydrogen) atoms. The maximum absolute atomic E-state index is 11.9. The first-order valence-corrected chi connectivity index (χ1v) is 4.16. The molecule has 0 unspecified atom stereocenters. The van der Waals surface area contributed by atoms with Crippen molar-refractivity contribution in [3.63, 3.8) is 0 Å². The Balaban J connectivity index is 3.23. The molecule has 0 radical (unpaired) electrons. The molecular formula is C8H7F3N2O4. The van der Waals surface area contributed by atoms with E-state index < -0.39 is 36.1 Å². The molecule has 1 aromatic rings. The van der Waals surface area contributed by atoms with Gasteiger partial charge in [-0.05, 0) is 0 Å². The number of aromatic nitrogens is 1. The van der Waals surface area contributed by atoms with E-state index in [-0.39, 0.29) is 5.69 Å². The molecule has 0 saturated carbocycles. The molecule has 0 fully saturated rings. The molecule has 9 heteroatoms. The first kappa shape index (κ1) is 13.0. The van der Waals surface area contributed by atoms with Gasteiger partial charge in [0.05, 0.1) is 11.3 Å². The number of ether oxygens (including phenoxy) is 1. The maximum atomic E-state index is 11.9. The predicted molar refractivity (Wildman–Crippen MR) is 47.4 cm³/mol. The average molecular weight is 252 g/mol. The molecule has 0 aliphatic heterocycles. The van der Waals surface area contributed by atoms with E-state index in [1.54, 1.807) is 0 Å². The summed E-state index contributed by atoms with van der Waals surface area (Å²) in [5, 5.41) is 17.8. The van der Waals surface area contributed by atoms with Crippen LogP contribution in [0, 0.1) is 0 Å². The van der Waals surface area contributed by atoms with Gasteiger partial charge in [-0.1, -0.05) is 0 Å². The summed E-state index contributed by atoms with van der Waals surface area (Å²) in [5.41, 5.74) is 4.32. The fraction of sp³-hybridized carbons (Fsp3) is 0.250. The number of hydrogen-bond donors (Lipinski definition) is 3. The molecule has 0 spiro atoms. The Hall–Kier alpha value is -2.03. The lowest BCUT2D eigenvalue weighted by Crippen LogP contribution is -2.19. The zero-order valence-electron chi connectivity index (χ0n) is 8.15. The van der Waals surface area contributed by atoms with Gasteiger partial charge in [0.2, 0.25) is 0 Å². The summed E-state index contributed by atoms with van der Waals surface area (Å²) in [6, 6.07) is 0.596. The zero-order chi connectivity index (χ0) is 13.2. The molecule has 1 aromatic heterocycles. The number of carboxylic acids is 1. The number of carbonyl (C=O) groups is 1. The number of hydrogen-bond acceptors (Lipinski definition) is 5. The molecule has 1 rings (SSSR count). The molecule has 0 aliphatic rings. The number of aromatic carboxylic acids is 1. The Bertz CT molecular complexity index is 447. The summed E-state index contributed by atoms with van der Waals surface area (Å²) in [6.07, 6.45) is -5.04. The van der Waals surface area contributed by atoms with Crippen LogP contribution in [-0.4, -0.2) is 27.5 Å². The zero-order valence-corrected chi connectivity index (χ0v) is 8.15. The lowest BCUT2D eigenvalue weighted by Gasteiger charge is -2.11. The smallest absolute Gasteiger partial charge is 0.503 e. The van der Waals surface area contributed by atoms with Crippen LogP contribution in [-0.2, 0) is 6.54 Å². The van der Waals surface area contributed by atoms with Gasteiger partial charge in [0.1, 0.15) is 0 Å². The minimum absolute atomic E-state index is 0.324. The van der Waals surface area contributed by atoms with Crippen LogP contribution in [0.5, 0.6) is 11.6 Å². The van der Waals surface area contributed by atoms with Gasteiger partial charge in [-0.25, -0.2) is 9.78 Å². The molecule has 0 amide bonds. The maximum Gasteiger partial charge on any atom is 0.574 e. The SMILES string of the molecule is NCc1nc(OC(F)(F)F)c(O)cc1C(=O)O. The Morgan fingerprint density at radius 3 is 2.53 bits per heavy atom. The highest BCUT2D eigenvalue weighted by Gasteiger charge is 2.33. The highest BCUT2D eigenvalue weighted by Crippen LogP contribution is 2.30. The van der Waals surface area contributed by atoms with Gasteiger partial charge >= 0.3 is 12.3 Å². The largest absolute Gasteiger partial charge is 0.574 e. The number of pyridine rings is 1. The van der Waals surface area contributed by atoms with Crippen LogP contribution in [0.25, 0.3) is 0 Å². The van der Waals surface area contributed by atoms with Gasteiger partial charge in [-0.2, -0.15) is 0 Å². The van der Waals surface area contributed by atoms with E-state index in [4.69, 9.17) is 15.9 Å². The van der Waals surface area contributed by atoms with E-state index in [1.165, 1.54) is 0 Å². The quantitative estimate of drug-likeness (QED) is 0.736. The van der Waals surface area contributed by atoms with Crippen molar-refractivity contribution >= 4 is 5.97 Å². The number of nitrogens with two attached hydrogens (primary N) is 1. The number of carboxylic acid groups (broad SMARTS) is 1. The van der Waals surface area contributed by atoms with E-state index in [9.17, 15) is 18.0 Å². The normalized spacial score (nSPS) is 11.3. The topological polar surface area (TPSA) is 106 Å². The minimum Gasteiger partial charge on any atom is -0.503 e. The van der Waals surface area contributed by atoms with Crippen molar-refractivity contribution in [3.8, 4) is 11.6 Å². The molecule has 0 aliphatic carbocycles. The van der Waals surface area contributed by atoms with Crippen molar-refractivity contribution in [1.82, 2.24) is 4.98 Å². The van der Waals surface area contributed by atoms with Gasteiger partial charge in [0.25, 0.3) is 5.88 Å². The van der Waals surface area contributed by atoms with E-state index >= 15 is 0 Å². The molecule has 6 nitrogen and oxygen atoms in total. The van der Waals surface area contributed by atoms with Gasteiger partial charge < -0.3 is 20.7 Å². The van der Waals surface area contributed by atoms with E-state index in [0.29, 0.717) is 6.07 Å². The minimum atomic E-state index is -5.04. The Labute approximate surface area is 92.4 Å². The highest BCUT2D eigenvalue weighted by molar-refractivity contribution is 5.89. The third kappa shape index (κ3) is 3.21. The van der Waals surface area contributed by atoms with Crippen LogP contribution in [0.4, 0.5) is 13.2 Å². The second-order valence-corrected chi connectivity index (χ2v) is 2.86. The van der Waals surface area contributed by atoms with E-state index in [2.05, 4.69) is 9.72 Å². The summed E-state index contributed by atoms with van der Waals surface area (Å²) in [6.45, 7) is -0.407. The van der Waals surface area contributed by atoms with Crippen LogP contribution >= 0.6 is 0 Å². The van der Waals surface area contributed by atoms with Crippen molar-refractivity contribution in [2.45, 2.75) is 12.9 Å².